The minimum atomic E-state index is -3.12. The molecule has 1 aliphatic rings. The third-order valence-corrected chi connectivity index (χ3v) is 5.94. The number of hydrogen-bond donors (Lipinski definition) is 3. The summed E-state index contributed by atoms with van der Waals surface area (Å²) < 4.78 is 37.4. The van der Waals surface area contributed by atoms with E-state index >= 15 is 0 Å². The number of anilines is 1. The van der Waals surface area contributed by atoms with Crippen molar-refractivity contribution >= 4 is 11.9 Å². The lowest BCUT2D eigenvalue weighted by molar-refractivity contribution is 0.00559. The van der Waals surface area contributed by atoms with E-state index in [-0.39, 0.29) is 25.1 Å². The highest BCUT2D eigenvalue weighted by atomic mass is 19.3. The summed E-state index contributed by atoms with van der Waals surface area (Å²) in [6.07, 6.45) is 3.67. The molecule has 0 aliphatic carbocycles. The fourth-order valence-corrected chi connectivity index (χ4v) is 3.89. The lowest BCUT2D eigenvalue weighted by atomic mass is 9.92. The van der Waals surface area contributed by atoms with E-state index in [2.05, 4.69) is 15.5 Å². The Hall–Kier alpha value is -2.79. The number of carbonyl (C=O) groups excluding carboxylic acids is 1. The Kier molecular flexibility index (Phi) is 8.78. The fourth-order valence-electron chi connectivity index (χ4n) is 3.89. The molecule has 34 heavy (non-hydrogen) atoms. The second kappa shape index (κ2) is 11.6. The van der Waals surface area contributed by atoms with Gasteiger partial charge in [-0.3, -0.25) is 4.79 Å². The summed E-state index contributed by atoms with van der Waals surface area (Å²) in [5, 5.41) is 24.2. The van der Waals surface area contributed by atoms with E-state index in [0.29, 0.717) is 36.9 Å². The van der Waals surface area contributed by atoms with E-state index < -0.39 is 17.8 Å². The number of alkyl halides is 2. The number of nitrogens with zero attached hydrogens (tertiary/aromatic N) is 3. The topological polar surface area (TPSA) is 121 Å². The summed E-state index contributed by atoms with van der Waals surface area (Å²) in [4.78, 5) is 17.9. The smallest absolute Gasteiger partial charge is 0.324 e. The zero-order valence-electron chi connectivity index (χ0n) is 19.5. The molecule has 0 saturated carbocycles. The summed E-state index contributed by atoms with van der Waals surface area (Å²) in [5.41, 5.74) is 1.20. The Balaban J connectivity index is 1.38. The van der Waals surface area contributed by atoms with Crippen LogP contribution in [0, 0.1) is 12.8 Å². The van der Waals surface area contributed by atoms with Crippen LogP contribution >= 0.6 is 0 Å². The van der Waals surface area contributed by atoms with Crippen molar-refractivity contribution in [2.24, 2.45) is 5.92 Å². The highest BCUT2D eigenvalue weighted by Crippen LogP contribution is 2.29. The molecule has 2 heterocycles. The van der Waals surface area contributed by atoms with E-state index in [4.69, 9.17) is 19.5 Å². The molecule has 1 aromatic heterocycles. The van der Waals surface area contributed by atoms with E-state index in [1.165, 1.54) is 0 Å². The van der Waals surface area contributed by atoms with Crippen LogP contribution in [0.5, 0.6) is 5.75 Å². The van der Waals surface area contributed by atoms with Crippen LogP contribution in [-0.4, -0.2) is 65.2 Å². The molecule has 2 aromatic rings. The molecule has 9 nitrogen and oxygen atoms in total. The molecule has 0 atom stereocenters. The lowest BCUT2D eigenvalue weighted by Gasteiger charge is -2.30. The number of rotatable bonds is 11. The van der Waals surface area contributed by atoms with Gasteiger partial charge >= 0.3 is 11.9 Å². The van der Waals surface area contributed by atoms with Crippen LogP contribution in [0.3, 0.4) is 0 Å². The molecule has 3 rings (SSSR count). The van der Waals surface area contributed by atoms with Gasteiger partial charge in [0.2, 0.25) is 5.82 Å². The number of nitrogens with one attached hydrogen (secondary N) is 1. The number of aliphatic hydroxyl groups excluding tert-OH is 2. The Morgan fingerprint density at radius 2 is 2.03 bits per heavy atom. The fraction of sp³-hybridized carbons (Fsp3) is 0.609. The van der Waals surface area contributed by atoms with Crippen LogP contribution in [0.15, 0.2) is 22.7 Å². The van der Waals surface area contributed by atoms with Gasteiger partial charge in [-0.25, -0.2) is 0 Å². The molecule has 1 aromatic carbocycles. The molecule has 3 N–H and O–H groups in total. The van der Waals surface area contributed by atoms with Gasteiger partial charge in [-0.05, 0) is 62.3 Å². The molecule has 11 heteroatoms. The normalized spacial score (nSPS) is 15.1. The van der Waals surface area contributed by atoms with Gasteiger partial charge < -0.3 is 29.7 Å². The number of aryl methyl sites for hydroxylation is 1. The first kappa shape index (κ1) is 25.8. The third kappa shape index (κ3) is 6.86. The Bertz CT molecular complexity index is 938. The van der Waals surface area contributed by atoms with Crippen LogP contribution in [0.1, 0.15) is 54.4 Å². The zero-order chi connectivity index (χ0) is 24.7. The van der Waals surface area contributed by atoms with Crippen molar-refractivity contribution in [1.82, 2.24) is 15.5 Å². The number of halogens is 2. The van der Waals surface area contributed by atoms with Crippen molar-refractivity contribution in [3.8, 4) is 5.75 Å². The van der Waals surface area contributed by atoms with Crippen molar-refractivity contribution in [2.75, 3.05) is 37.8 Å². The van der Waals surface area contributed by atoms with Crippen molar-refractivity contribution in [2.45, 2.75) is 51.5 Å². The SMILES string of the molecule is Cc1cc(OCCCC2CCN(c3nc(C(C)(F)F)no3)CC2)ccc1C(=O)NC(CO)CO. The number of aliphatic hydroxyl groups is 2. The van der Waals surface area contributed by atoms with Crippen molar-refractivity contribution in [1.29, 1.82) is 0 Å². The maximum absolute atomic E-state index is 13.3. The van der Waals surface area contributed by atoms with E-state index in [9.17, 15) is 13.6 Å². The quantitative estimate of drug-likeness (QED) is 0.418. The third-order valence-electron chi connectivity index (χ3n) is 5.94. The molecule has 0 radical (unpaired) electrons. The summed E-state index contributed by atoms with van der Waals surface area (Å²) >= 11 is 0. The molecule has 1 saturated heterocycles. The van der Waals surface area contributed by atoms with Gasteiger partial charge in [0.1, 0.15) is 5.75 Å². The Morgan fingerprint density at radius 1 is 1.32 bits per heavy atom. The molecule has 0 spiro atoms. The Labute approximate surface area is 197 Å². The van der Waals surface area contributed by atoms with Crippen LogP contribution < -0.4 is 15.0 Å². The van der Waals surface area contributed by atoms with Crippen molar-refractivity contribution < 1.29 is 33.0 Å². The molecule has 1 amide bonds. The number of piperidine rings is 1. The summed E-state index contributed by atoms with van der Waals surface area (Å²) in [7, 11) is 0. The highest BCUT2D eigenvalue weighted by molar-refractivity contribution is 5.96. The van der Waals surface area contributed by atoms with E-state index in [0.717, 1.165) is 38.2 Å². The number of hydrogen-bond acceptors (Lipinski definition) is 8. The average molecular weight is 483 g/mol. The molecule has 0 bridgehead atoms. The minimum absolute atomic E-state index is 0.147. The maximum Gasteiger partial charge on any atom is 0.324 e. The van der Waals surface area contributed by atoms with Gasteiger partial charge in [0.05, 0.1) is 25.9 Å². The second-order valence-electron chi connectivity index (χ2n) is 8.72. The maximum atomic E-state index is 13.3. The van der Waals surface area contributed by atoms with Gasteiger partial charge in [-0.2, -0.15) is 13.8 Å². The van der Waals surface area contributed by atoms with Crippen LogP contribution in [0.25, 0.3) is 0 Å². The Morgan fingerprint density at radius 3 is 2.62 bits per heavy atom. The first-order valence-electron chi connectivity index (χ1n) is 11.4. The van der Waals surface area contributed by atoms with Gasteiger partial charge in [0.25, 0.3) is 5.91 Å². The average Bonchev–Trinajstić information content (AvgIpc) is 3.32. The van der Waals surface area contributed by atoms with Gasteiger partial charge in [0.15, 0.2) is 0 Å². The summed E-state index contributed by atoms with van der Waals surface area (Å²) in [6.45, 7) is 3.78. The van der Waals surface area contributed by atoms with Gasteiger partial charge in [-0.1, -0.05) is 5.16 Å². The monoisotopic (exact) mass is 482 g/mol. The number of ether oxygens (including phenoxy) is 1. The number of carbonyl (C=O) groups is 1. The summed E-state index contributed by atoms with van der Waals surface area (Å²) in [5.74, 6) is -2.89. The van der Waals surface area contributed by atoms with E-state index in [1.54, 1.807) is 25.1 Å². The van der Waals surface area contributed by atoms with Gasteiger partial charge in [0, 0.05) is 25.6 Å². The number of benzene rings is 1. The predicted octanol–water partition coefficient (Wildman–Crippen LogP) is 2.65. The van der Waals surface area contributed by atoms with Crippen LogP contribution in [-0.2, 0) is 5.92 Å². The predicted molar refractivity (Wildman–Crippen MR) is 120 cm³/mol. The molecule has 1 fully saturated rings. The van der Waals surface area contributed by atoms with Crippen LogP contribution in [0.4, 0.5) is 14.8 Å². The number of amides is 1. The minimum Gasteiger partial charge on any atom is -0.494 e. The first-order valence-corrected chi connectivity index (χ1v) is 11.4. The molecular weight excluding hydrogens is 450 g/mol. The lowest BCUT2D eigenvalue weighted by Crippen LogP contribution is -2.40. The largest absolute Gasteiger partial charge is 0.494 e. The van der Waals surface area contributed by atoms with Gasteiger partial charge in [-0.15, -0.1) is 0 Å². The molecule has 188 valence electrons. The molecule has 0 unspecified atom stereocenters. The molecule has 1 aliphatic heterocycles. The first-order chi connectivity index (χ1) is 16.2. The second-order valence-corrected chi connectivity index (χ2v) is 8.72. The molecular formula is C23H32F2N4O5. The number of aromatic nitrogens is 2. The summed E-state index contributed by atoms with van der Waals surface area (Å²) in [6, 6.07) is 4.64. The van der Waals surface area contributed by atoms with Crippen molar-refractivity contribution in [3.05, 3.63) is 35.2 Å². The van der Waals surface area contributed by atoms with Crippen molar-refractivity contribution in [3.63, 3.8) is 0 Å². The highest BCUT2D eigenvalue weighted by Gasteiger charge is 2.32. The van der Waals surface area contributed by atoms with E-state index in [1.807, 2.05) is 4.90 Å². The van der Waals surface area contributed by atoms with Crippen LogP contribution in [0.2, 0.25) is 0 Å². The standard InChI is InChI=1S/C23H32F2N4O5/c1-15-12-18(5-6-19(15)20(32)26-17(13-30)14-31)33-11-3-4-16-7-9-29(10-8-16)22-27-21(28-34-22)23(2,24)25/h5-6,12,16-17,30-31H,3-4,7-11,13-14H2,1-2H3,(H,26,32). The zero-order valence-corrected chi connectivity index (χ0v) is 19.5.